The number of morpholine rings is 1. The van der Waals surface area contributed by atoms with Gasteiger partial charge in [0.1, 0.15) is 17.0 Å². The van der Waals surface area contributed by atoms with Gasteiger partial charge in [0.15, 0.2) is 0 Å². The first kappa shape index (κ1) is 18.5. The van der Waals surface area contributed by atoms with Gasteiger partial charge in [-0.1, -0.05) is 0 Å². The molecule has 1 amide bonds. The van der Waals surface area contributed by atoms with Gasteiger partial charge in [-0.25, -0.2) is 9.97 Å². The van der Waals surface area contributed by atoms with Crippen molar-refractivity contribution in [1.29, 1.82) is 0 Å². The first-order valence-electron chi connectivity index (χ1n) is 10.1. The normalized spacial score (nSPS) is 19.3. The number of thiophene rings is 1. The van der Waals surface area contributed by atoms with E-state index >= 15 is 0 Å². The summed E-state index contributed by atoms with van der Waals surface area (Å²) >= 11 is 1.68. The van der Waals surface area contributed by atoms with Gasteiger partial charge in [-0.15, -0.1) is 11.3 Å². The van der Waals surface area contributed by atoms with Crippen LogP contribution in [-0.4, -0.2) is 63.4 Å². The van der Waals surface area contributed by atoms with Crippen molar-refractivity contribution in [3.8, 4) is 0 Å². The van der Waals surface area contributed by atoms with Crippen LogP contribution in [0.5, 0.6) is 0 Å². The van der Waals surface area contributed by atoms with Crippen LogP contribution in [0.3, 0.4) is 0 Å². The fourth-order valence-electron chi connectivity index (χ4n) is 4.15. The maximum Gasteiger partial charge on any atom is 0.257 e. The van der Waals surface area contributed by atoms with Crippen LogP contribution in [0.2, 0.25) is 0 Å². The molecule has 0 saturated carbocycles. The molecule has 1 unspecified atom stereocenters. The Morgan fingerprint density at radius 1 is 1.31 bits per heavy atom. The number of carbonyl (C=O) groups excluding carboxylic acids is 1. The predicted molar refractivity (Wildman–Crippen MR) is 111 cm³/mol. The smallest absolute Gasteiger partial charge is 0.257 e. The minimum atomic E-state index is 0.0782. The number of amides is 1. The summed E-state index contributed by atoms with van der Waals surface area (Å²) in [5.41, 5.74) is 1.80. The SMILES string of the molecule is Cc1cc2c(NCC3CCn4ncc(C(=O)N5CCOCC5)c4C3)ncnc2s1. The third-order valence-corrected chi connectivity index (χ3v) is 6.68. The van der Waals surface area contributed by atoms with Gasteiger partial charge in [0.2, 0.25) is 0 Å². The Kier molecular flexibility index (Phi) is 4.92. The number of nitrogens with zero attached hydrogens (tertiary/aromatic N) is 5. The Morgan fingerprint density at radius 2 is 2.17 bits per heavy atom. The van der Waals surface area contributed by atoms with Gasteiger partial charge < -0.3 is 15.0 Å². The minimum Gasteiger partial charge on any atom is -0.378 e. The monoisotopic (exact) mass is 412 g/mol. The van der Waals surface area contributed by atoms with E-state index in [1.54, 1.807) is 23.9 Å². The summed E-state index contributed by atoms with van der Waals surface area (Å²) in [6, 6.07) is 2.14. The molecule has 1 N–H and O–H groups in total. The van der Waals surface area contributed by atoms with Crippen molar-refractivity contribution in [3.63, 3.8) is 0 Å². The van der Waals surface area contributed by atoms with Crippen LogP contribution in [0.25, 0.3) is 10.2 Å². The Bertz CT molecular complexity index is 1040. The van der Waals surface area contributed by atoms with Gasteiger partial charge >= 0.3 is 0 Å². The van der Waals surface area contributed by atoms with Crippen molar-refractivity contribution in [3.05, 3.63) is 34.7 Å². The zero-order valence-electron chi connectivity index (χ0n) is 16.4. The molecule has 1 saturated heterocycles. The Balaban J connectivity index is 1.29. The quantitative estimate of drug-likeness (QED) is 0.708. The molecule has 5 heterocycles. The Morgan fingerprint density at radius 3 is 3.03 bits per heavy atom. The molecule has 0 aromatic carbocycles. The first-order valence-corrected chi connectivity index (χ1v) is 10.9. The molecular weight excluding hydrogens is 388 g/mol. The van der Waals surface area contributed by atoms with E-state index in [2.05, 4.69) is 33.4 Å². The number of carbonyl (C=O) groups is 1. The lowest BCUT2D eigenvalue weighted by atomic mass is 9.94. The molecule has 0 spiro atoms. The van der Waals surface area contributed by atoms with Crippen molar-refractivity contribution in [2.24, 2.45) is 5.92 Å². The van der Waals surface area contributed by atoms with Crippen molar-refractivity contribution in [2.75, 3.05) is 38.2 Å². The van der Waals surface area contributed by atoms with Crippen LogP contribution >= 0.6 is 11.3 Å². The van der Waals surface area contributed by atoms with Gasteiger partial charge in [0, 0.05) is 31.1 Å². The van der Waals surface area contributed by atoms with Crippen molar-refractivity contribution < 1.29 is 9.53 Å². The number of nitrogens with one attached hydrogen (secondary N) is 1. The molecule has 9 heteroatoms. The van der Waals surface area contributed by atoms with Crippen molar-refractivity contribution in [1.82, 2.24) is 24.6 Å². The van der Waals surface area contributed by atoms with E-state index in [0.29, 0.717) is 32.2 Å². The largest absolute Gasteiger partial charge is 0.378 e. The van der Waals surface area contributed by atoms with Crippen molar-refractivity contribution in [2.45, 2.75) is 26.3 Å². The highest BCUT2D eigenvalue weighted by Crippen LogP contribution is 2.29. The average Bonchev–Trinajstić information content (AvgIpc) is 3.34. The summed E-state index contributed by atoms with van der Waals surface area (Å²) in [6.45, 7) is 6.27. The second-order valence-electron chi connectivity index (χ2n) is 7.67. The summed E-state index contributed by atoms with van der Waals surface area (Å²) in [6.07, 6.45) is 5.24. The van der Waals surface area contributed by atoms with E-state index in [9.17, 15) is 4.79 Å². The van der Waals surface area contributed by atoms with E-state index in [4.69, 9.17) is 4.74 Å². The highest BCUT2D eigenvalue weighted by molar-refractivity contribution is 7.18. The predicted octanol–water partition coefficient (Wildman–Crippen LogP) is 2.34. The third kappa shape index (κ3) is 3.60. The lowest BCUT2D eigenvalue weighted by Gasteiger charge is -2.28. The molecule has 2 aliphatic heterocycles. The van der Waals surface area contributed by atoms with E-state index in [-0.39, 0.29) is 5.91 Å². The minimum absolute atomic E-state index is 0.0782. The molecule has 2 aliphatic rings. The fraction of sp³-hybridized carbons (Fsp3) is 0.500. The van der Waals surface area contributed by atoms with E-state index in [1.165, 1.54) is 4.88 Å². The summed E-state index contributed by atoms with van der Waals surface area (Å²) in [5.74, 6) is 1.40. The number of aryl methyl sites for hydroxylation is 2. The number of fused-ring (bicyclic) bond motifs is 2. The van der Waals surface area contributed by atoms with Crippen molar-refractivity contribution >= 4 is 33.3 Å². The summed E-state index contributed by atoms with van der Waals surface area (Å²) < 4.78 is 7.37. The maximum atomic E-state index is 13.0. The Labute approximate surface area is 172 Å². The van der Waals surface area contributed by atoms with E-state index < -0.39 is 0 Å². The summed E-state index contributed by atoms with van der Waals surface area (Å²) in [4.78, 5) is 25.9. The van der Waals surface area contributed by atoms with Gasteiger partial charge in [0.05, 0.1) is 36.1 Å². The van der Waals surface area contributed by atoms with Gasteiger partial charge in [-0.05, 0) is 31.7 Å². The van der Waals surface area contributed by atoms with Crippen LogP contribution in [0, 0.1) is 12.8 Å². The zero-order valence-corrected chi connectivity index (χ0v) is 17.2. The highest BCUT2D eigenvalue weighted by Gasteiger charge is 2.28. The second-order valence-corrected chi connectivity index (χ2v) is 8.91. The van der Waals surface area contributed by atoms with Gasteiger partial charge in [-0.3, -0.25) is 9.48 Å². The molecule has 5 rings (SSSR count). The number of aromatic nitrogens is 4. The van der Waals surface area contributed by atoms with Crippen LogP contribution < -0.4 is 5.32 Å². The average molecular weight is 413 g/mol. The van der Waals surface area contributed by atoms with Crippen LogP contribution in [0.4, 0.5) is 5.82 Å². The molecule has 0 bridgehead atoms. The fourth-order valence-corrected chi connectivity index (χ4v) is 4.99. The third-order valence-electron chi connectivity index (χ3n) is 5.72. The number of ether oxygens (including phenoxy) is 1. The number of hydrogen-bond acceptors (Lipinski definition) is 7. The van der Waals surface area contributed by atoms with Gasteiger partial charge in [0.25, 0.3) is 5.91 Å². The molecular formula is C20H24N6O2S. The molecule has 152 valence electrons. The lowest BCUT2D eigenvalue weighted by Crippen LogP contribution is -2.41. The number of rotatable bonds is 4. The number of hydrogen-bond donors (Lipinski definition) is 1. The molecule has 1 atom stereocenters. The van der Waals surface area contributed by atoms with E-state index in [0.717, 1.165) is 53.2 Å². The van der Waals surface area contributed by atoms with Crippen LogP contribution in [-0.2, 0) is 17.7 Å². The molecule has 3 aromatic rings. The molecule has 29 heavy (non-hydrogen) atoms. The second kappa shape index (κ2) is 7.72. The molecule has 8 nitrogen and oxygen atoms in total. The maximum absolute atomic E-state index is 13.0. The molecule has 0 radical (unpaired) electrons. The standard InChI is InChI=1S/C20H24N6O2S/c1-13-8-15-18(22-12-23-19(15)29-13)21-10-14-2-3-26-17(9-14)16(11-24-26)20(27)25-4-6-28-7-5-25/h8,11-12,14H,2-7,9-10H2,1H3,(H,21,22,23). The summed E-state index contributed by atoms with van der Waals surface area (Å²) in [5, 5.41) is 9.07. The van der Waals surface area contributed by atoms with Crippen LogP contribution in [0.15, 0.2) is 18.6 Å². The lowest BCUT2D eigenvalue weighted by molar-refractivity contribution is 0.0301. The molecule has 3 aromatic heterocycles. The van der Waals surface area contributed by atoms with E-state index in [1.807, 2.05) is 9.58 Å². The highest BCUT2D eigenvalue weighted by atomic mass is 32.1. The van der Waals surface area contributed by atoms with Crippen LogP contribution in [0.1, 0.15) is 27.3 Å². The zero-order chi connectivity index (χ0) is 19.8. The topological polar surface area (TPSA) is 85.2 Å². The summed E-state index contributed by atoms with van der Waals surface area (Å²) in [7, 11) is 0. The Hall–Kier alpha value is -2.52. The van der Waals surface area contributed by atoms with Gasteiger partial charge in [-0.2, -0.15) is 5.10 Å². The first-order chi connectivity index (χ1) is 14.2. The molecule has 0 aliphatic carbocycles. The molecule has 1 fully saturated rings. The number of anilines is 1.